The molecule has 1 saturated heterocycles. The summed E-state index contributed by atoms with van der Waals surface area (Å²) in [6.07, 6.45) is 0.547. The third-order valence-corrected chi connectivity index (χ3v) is 4.39. The molecule has 0 bridgehead atoms. The maximum absolute atomic E-state index is 12.6. The van der Waals surface area contributed by atoms with Crippen molar-refractivity contribution >= 4 is 28.7 Å². The van der Waals surface area contributed by atoms with E-state index < -0.39 is 5.60 Å². The molecule has 5 nitrogen and oxygen atoms in total. The summed E-state index contributed by atoms with van der Waals surface area (Å²) in [5.41, 5.74) is 0.538. The number of benzene rings is 1. The van der Waals surface area contributed by atoms with Gasteiger partial charge < -0.3 is 14.2 Å². The van der Waals surface area contributed by atoms with Gasteiger partial charge in [-0.3, -0.25) is 4.90 Å². The molecule has 1 unspecified atom stereocenters. The Morgan fingerprint density at radius 3 is 2.70 bits per heavy atom. The molecule has 1 heterocycles. The Morgan fingerprint density at radius 1 is 1.43 bits per heavy atom. The Hall–Kier alpha value is -1.02. The first-order chi connectivity index (χ1) is 10.8. The molecule has 1 aliphatic rings. The van der Waals surface area contributed by atoms with Gasteiger partial charge in [0.1, 0.15) is 11.4 Å². The summed E-state index contributed by atoms with van der Waals surface area (Å²) in [6, 6.07) is 6.00. The predicted octanol–water partition coefficient (Wildman–Crippen LogP) is 3.83. The standard InChI is InChI=1S/C17H24INO4/c1-17(2,3)23-16(20)19(13-7-8-22-11-13)10-12-5-6-15(21-4)14(18)9-12/h5-6,9,13H,7-8,10-11H2,1-4H3. The third-order valence-electron chi connectivity index (χ3n) is 3.54. The second-order valence-corrected chi connectivity index (χ2v) is 7.76. The fourth-order valence-electron chi connectivity index (χ4n) is 2.44. The molecule has 0 N–H and O–H groups in total. The maximum Gasteiger partial charge on any atom is 0.410 e. The largest absolute Gasteiger partial charge is 0.496 e. The molecule has 0 spiro atoms. The highest BCUT2D eigenvalue weighted by molar-refractivity contribution is 14.1. The van der Waals surface area contributed by atoms with Gasteiger partial charge in [-0.15, -0.1) is 0 Å². The van der Waals surface area contributed by atoms with E-state index in [9.17, 15) is 4.79 Å². The molecule has 1 fully saturated rings. The quantitative estimate of drug-likeness (QED) is 0.678. The van der Waals surface area contributed by atoms with Crippen LogP contribution >= 0.6 is 22.6 Å². The van der Waals surface area contributed by atoms with Gasteiger partial charge in [-0.05, 0) is 67.5 Å². The molecule has 1 aromatic carbocycles. The zero-order valence-corrected chi connectivity index (χ0v) is 16.3. The third kappa shape index (κ3) is 5.24. The van der Waals surface area contributed by atoms with Gasteiger partial charge in [0.15, 0.2) is 0 Å². The highest BCUT2D eigenvalue weighted by Gasteiger charge is 2.31. The van der Waals surface area contributed by atoms with E-state index >= 15 is 0 Å². The van der Waals surface area contributed by atoms with Crippen LogP contribution in [-0.4, -0.2) is 43.0 Å². The summed E-state index contributed by atoms with van der Waals surface area (Å²) in [4.78, 5) is 14.4. The molecule has 0 saturated carbocycles. The lowest BCUT2D eigenvalue weighted by Crippen LogP contribution is -2.43. The van der Waals surface area contributed by atoms with E-state index in [1.54, 1.807) is 12.0 Å². The van der Waals surface area contributed by atoms with Crippen LogP contribution in [0, 0.1) is 3.57 Å². The fourth-order valence-corrected chi connectivity index (χ4v) is 3.24. The Labute approximate surface area is 151 Å². The number of hydrogen-bond donors (Lipinski definition) is 0. The summed E-state index contributed by atoms with van der Waals surface area (Å²) in [5, 5.41) is 0. The number of carbonyl (C=O) groups excluding carboxylic acids is 1. The molecule has 1 amide bonds. The molecule has 0 aliphatic carbocycles. The molecule has 1 aliphatic heterocycles. The van der Waals surface area contributed by atoms with Crippen molar-refractivity contribution in [3.8, 4) is 5.75 Å². The highest BCUT2D eigenvalue weighted by Crippen LogP contribution is 2.25. The number of ether oxygens (including phenoxy) is 3. The smallest absolute Gasteiger partial charge is 0.410 e. The van der Waals surface area contributed by atoms with Gasteiger partial charge in [0, 0.05) is 13.2 Å². The van der Waals surface area contributed by atoms with Crippen molar-refractivity contribution in [3.63, 3.8) is 0 Å². The van der Waals surface area contributed by atoms with Gasteiger partial charge in [-0.1, -0.05) is 6.07 Å². The predicted molar refractivity (Wildman–Crippen MR) is 96.7 cm³/mol. The molecule has 1 aromatic rings. The topological polar surface area (TPSA) is 48.0 Å². The summed E-state index contributed by atoms with van der Waals surface area (Å²) >= 11 is 2.24. The molecular formula is C17H24INO4. The average Bonchev–Trinajstić information content (AvgIpc) is 2.96. The van der Waals surface area contributed by atoms with Crippen LogP contribution in [0.1, 0.15) is 32.8 Å². The Balaban J connectivity index is 2.17. The van der Waals surface area contributed by atoms with Crippen LogP contribution < -0.4 is 4.74 Å². The van der Waals surface area contributed by atoms with E-state index in [0.717, 1.165) is 21.3 Å². The molecule has 2 rings (SSSR count). The molecule has 0 radical (unpaired) electrons. The molecule has 1 atom stereocenters. The number of halogens is 1. The highest BCUT2D eigenvalue weighted by atomic mass is 127. The van der Waals surface area contributed by atoms with Gasteiger partial charge in [0.25, 0.3) is 0 Å². The first-order valence-electron chi connectivity index (χ1n) is 7.70. The van der Waals surface area contributed by atoms with Gasteiger partial charge in [0.05, 0.1) is 23.3 Å². The number of carbonyl (C=O) groups is 1. The lowest BCUT2D eigenvalue weighted by Gasteiger charge is -2.31. The van der Waals surface area contributed by atoms with E-state index in [1.807, 2.05) is 39.0 Å². The second kappa shape index (κ2) is 7.70. The summed E-state index contributed by atoms with van der Waals surface area (Å²) < 4.78 is 17.3. The molecule has 128 valence electrons. The molecule has 0 aromatic heterocycles. The van der Waals surface area contributed by atoms with Gasteiger partial charge in [0.2, 0.25) is 0 Å². The van der Waals surface area contributed by atoms with Crippen molar-refractivity contribution in [2.24, 2.45) is 0 Å². The van der Waals surface area contributed by atoms with Crippen LogP contribution in [0.3, 0.4) is 0 Å². The van der Waals surface area contributed by atoms with Crippen molar-refractivity contribution in [3.05, 3.63) is 27.3 Å². The second-order valence-electron chi connectivity index (χ2n) is 6.59. The number of hydrogen-bond acceptors (Lipinski definition) is 4. The van der Waals surface area contributed by atoms with Crippen molar-refractivity contribution in [2.45, 2.75) is 45.4 Å². The molecular weight excluding hydrogens is 409 g/mol. The van der Waals surface area contributed by atoms with E-state index in [-0.39, 0.29) is 12.1 Å². The van der Waals surface area contributed by atoms with Crippen LogP contribution in [0.2, 0.25) is 0 Å². The number of rotatable bonds is 4. The Bertz CT molecular complexity index is 550. The van der Waals surface area contributed by atoms with Crippen LogP contribution in [-0.2, 0) is 16.0 Å². The Kier molecular flexibility index (Phi) is 6.13. The summed E-state index contributed by atoms with van der Waals surface area (Å²) in [7, 11) is 1.65. The van der Waals surface area contributed by atoms with Crippen molar-refractivity contribution in [1.82, 2.24) is 4.90 Å². The minimum absolute atomic E-state index is 0.0598. The first-order valence-corrected chi connectivity index (χ1v) is 8.78. The Morgan fingerprint density at radius 2 is 2.17 bits per heavy atom. The monoisotopic (exact) mass is 433 g/mol. The van der Waals surface area contributed by atoms with E-state index in [1.165, 1.54) is 0 Å². The van der Waals surface area contributed by atoms with E-state index in [0.29, 0.717) is 19.8 Å². The minimum atomic E-state index is -0.511. The number of methoxy groups -OCH3 is 1. The average molecular weight is 433 g/mol. The fraction of sp³-hybridized carbons (Fsp3) is 0.588. The normalized spacial score (nSPS) is 17.9. The SMILES string of the molecule is COc1ccc(CN(C(=O)OC(C)(C)C)C2CCOC2)cc1I. The van der Waals surface area contributed by atoms with Crippen molar-refractivity contribution in [1.29, 1.82) is 0 Å². The number of amides is 1. The lowest BCUT2D eigenvalue weighted by molar-refractivity contribution is 0.0126. The van der Waals surface area contributed by atoms with Gasteiger partial charge in [-0.2, -0.15) is 0 Å². The lowest BCUT2D eigenvalue weighted by atomic mass is 10.1. The van der Waals surface area contributed by atoms with Crippen LogP contribution in [0.25, 0.3) is 0 Å². The first kappa shape index (κ1) is 18.3. The summed E-state index contributed by atoms with van der Waals surface area (Å²) in [5.74, 6) is 0.836. The molecule has 6 heteroatoms. The summed E-state index contributed by atoms with van der Waals surface area (Å²) in [6.45, 7) is 7.39. The minimum Gasteiger partial charge on any atom is -0.496 e. The zero-order chi connectivity index (χ0) is 17.0. The van der Waals surface area contributed by atoms with Gasteiger partial charge >= 0.3 is 6.09 Å². The zero-order valence-electron chi connectivity index (χ0n) is 14.1. The molecule has 23 heavy (non-hydrogen) atoms. The van der Waals surface area contributed by atoms with Crippen LogP contribution in [0.4, 0.5) is 4.79 Å². The van der Waals surface area contributed by atoms with Crippen molar-refractivity contribution in [2.75, 3.05) is 20.3 Å². The van der Waals surface area contributed by atoms with E-state index in [2.05, 4.69) is 22.6 Å². The van der Waals surface area contributed by atoms with Crippen LogP contribution in [0.5, 0.6) is 5.75 Å². The van der Waals surface area contributed by atoms with Crippen LogP contribution in [0.15, 0.2) is 18.2 Å². The maximum atomic E-state index is 12.6. The van der Waals surface area contributed by atoms with E-state index in [4.69, 9.17) is 14.2 Å². The van der Waals surface area contributed by atoms with Gasteiger partial charge in [-0.25, -0.2) is 4.79 Å². The number of nitrogens with zero attached hydrogens (tertiary/aromatic N) is 1. The van der Waals surface area contributed by atoms with Crippen molar-refractivity contribution < 1.29 is 19.0 Å².